The number of anilines is 1. The molecule has 0 aliphatic rings. The molecule has 1 rings (SSSR count). The van der Waals surface area contributed by atoms with Crippen LogP contribution in [0.3, 0.4) is 0 Å². The summed E-state index contributed by atoms with van der Waals surface area (Å²) in [7, 11) is 0. The minimum atomic E-state index is -0.0527. The van der Waals surface area contributed by atoms with Crippen LogP contribution in [0.5, 0.6) is 0 Å². The van der Waals surface area contributed by atoms with Crippen molar-refractivity contribution >= 4 is 24.0 Å². The molecular weight excluding hydrogens is 236 g/mol. The zero-order chi connectivity index (χ0) is 12.0. The summed E-state index contributed by atoms with van der Waals surface area (Å²) >= 11 is 0. The molecule has 1 aromatic rings. The Balaban J connectivity index is 0.00000256. The molecule has 0 saturated heterocycles. The van der Waals surface area contributed by atoms with Gasteiger partial charge < -0.3 is 11.1 Å². The van der Waals surface area contributed by atoms with Crippen molar-refractivity contribution in [3.63, 3.8) is 0 Å². The van der Waals surface area contributed by atoms with Crippen LogP contribution in [0.1, 0.15) is 44.7 Å². The highest BCUT2D eigenvalue weighted by Gasteiger charge is 2.05. The Morgan fingerprint density at radius 1 is 1.35 bits per heavy atom. The van der Waals surface area contributed by atoms with Crippen molar-refractivity contribution in [3.8, 4) is 0 Å². The number of benzene rings is 1. The first-order chi connectivity index (χ1) is 7.63. The van der Waals surface area contributed by atoms with Gasteiger partial charge in [0.2, 0.25) is 5.91 Å². The van der Waals surface area contributed by atoms with E-state index >= 15 is 0 Å². The second-order valence-electron chi connectivity index (χ2n) is 4.05. The first kappa shape index (κ1) is 15.9. The number of hydrogen-bond donors (Lipinski definition) is 2. The minimum absolute atomic E-state index is 0. The highest BCUT2D eigenvalue weighted by molar-refractivity contribution is 5.88. The number of nitrogens with two attached hydrogens (primary N) is 1. The van der Waals surface area contributed by atoms with E-state index < -0.39 is 0 Å². The van der Waals surface area contributed by atoms with Gasteiger partial charge in [-0.1, -0.05) is 31.9 Å². The van der Waals surface area contributed by atoms with Crippen LogP contribution in [-0.4, -0.2) is 5.91 Å². The third-order valence-electron chi connectivity index (χ3n) is 2.53. The van der Waals surface area contributed by atoms with Crippen LogP contribution in [0.2, 0.25) is 0 Å². The standard InChI is InChI=1S/C13H20N2O.ClH/c1-3-4-5-13(14)11-6-8-12(9-7-11)15-10(2)16;/h6-9,13H,3-5,14H2,1-2H3,(H,15,16);1H/t13-;/m1./s1. The largest absolute Gasteiger partial charge is 0.326 e. The fourth-order valence-corrected chi connectivity index (χ4v) is 1.61. The number of carbonyl (C=O) groups excluding carboxylic acids is 1. The van der Waals surface area contributed by atoms with Crippen molar-refractivity contribution in [2.45, 2.75) is 39.2 Å². The molecular formula is C13H21ClN2O. The molecule has 17 heavy (non-hydrogen) atoms. The Labute approximate surface area is 109 Å². The van der Waals surface area contributed by atoms with E-state index in [4.69, 9.17) is 5.73 Å². The van der Waals surface area contributed by atoms with Gasteiger partial charge in [0.1, 0.15) is 0 Å². The maximum absolute atomic E-state index is 10.8. The molecule has 0 bridgehead atoms. The summed E-state index contributed by atoms with van der Waals surface area (Å²) in [5.41, 5.74) is 7.99. The normalized spacial score (nSPS) is 11.5. The van der Waals surface area contributed by atoms with Gasteiger partial charge >= 0.3 is 0 Å². The lowest BCUT2D eigenvalue weighted by Crippen LogP contribution is -2.10. The fraction of sp³-hybridized carbons (Fsp3) is 0.462. The number of carbonyl (C=O) groups is 1. The van der Waals surface area contributed by atoms with Gasteiger partial charge in [0.05, 0.1) is 0 Å². The van der Waals surface area contributed by atoms with Crippen molar-refractivity contribution in [2.75, 3.05) is 5.32 Å². The van der Waals surface area contributed by atoms with Crippen LogP contribution in [0, 0.1) is 0 Å². The molecule has 0 aromatic heterocycles. The molecule has 1 atom stereocenters. The molecule has 0 aliphatic carbocycles. The van der Waals surface area contributed by atoms with E-state index in [9.17, 15) is 4.79 Å². The predicted octanol–water partition coefficient (Wildman–Crippen LogP) is 3.26. The Kier molecular flexibility index (Phi) is 7.59. The van der Waals surface area contributed by atoms with Gasteiger partial charge in [-0.25, -0.2) is 0 Å². The average molecular weight is 257 g/mol. The van der Waals surface area contributed by atoms with Crippen LogP contribution in [0.15, 0.2) is 24.3 Å². The summed E-state index contributed by atoms with van der Waals surface area (Å²) < 4.78 is 0. The van der Waals surface area contributed by atoms with Crippen LogP contribution in [0.4, 0.5) is 5.69 Å². The third-order valence-corrected chi connectivity index (χ3v) is 2.53. The maximum Gasteiger partial charge on any atom is 0.221 e. The first-order valence-electron chi connectivity index (χ1n) is 5.76. The third kappa shape index (κ3) is 5.71. The molecule has 1 amide bonds. The molecule has 0 saturated carbocycles. The minimum Gasteiger partial charge on any atom is -0.326 e. The Morgan fingerprint density at radius 2 is 1.94 bits per heavy atom. The Morgan fingerprint density at radius 3 is 2.41 bits per heavy atom. The van der Waals surface area contributed by atoms with E-state index in [-0.39, 0.29) is 24.4 Å². The topological polar surface area (TPSA) is 55.1 Å². The van der Waals surface area contributed by atoms with Gasteiger partial charge in [-0.05, 0) is 24.1 Å². The zero-order valence-corrected chi connectivity index (χ0v) is 11.2. The van der Waals surface area contributed by atoms with Gasteiger partial charge in [-0.2, -0.15) is 0 Å². The van der Waals surface area contributed by atoms with E-state index in [0.29, 0.717) is 0 Å². The van der Waals surface area contributed by atoms with Gasteiger partial charge in [0.15, 0.2) is 0 Å². The first-order valence-corrected chi connectivity index (χ1v) is 5.76. The number of hydrogen-bond acceptors (Lipinski definition) is 2. The lowest BCUT2D eigenvalue weighted by molar-refractivity contribution is -0.114. The van der Waals surface area contributed by atoms with Gasteiger partial charge in [0, 0.05) is 18.7 Å². The van der Waals surface area contributed by atoms with Crippen molar-refractivity contribution in [1.82, 2.24) is 0 Å². The second kappa shape index (κ2) is 8.09. The number of nitrogens with one attached hydrogen (secondary N) is 1. The quantitative estimate of drug-likeness (QED) is 0.850. The van der Waals surface area contributed by atoms with Crippen molar-refractivity contribution in [1.29, 1.82) is 0 Å². The lowest BCUT2D eigenvalue weighted by atomic mass is 10.0. The van der Waals surface area contributed by atoms with Crippen LogP contribution in [-0.2, 0) is 4.79 Å². The molecule has 0 unspecified atom stereocenters. The van der Waals surface area contributed by atoms with E-state index in [1.54, 1.807) is 0 Å². The molecule has 96 valence electrons. The molecule has 0 heterocycles. The summed E-state index contributed by atoms with van der Waals surface area (Å²) in [6.07, 6.45) is 3.32. The smallest absolute Gasteiger partial charge is 0.221 e. The summed E-state index contributed by atoms with van der Waals surface area (Å²) in [6.45, 7) is 3.66. The number of rotatable bonds is 5. The highest BCUT2D eigenvalue weighted by atomic mass is 35.5. The molecule has 3 N–H and O–H groups in total. The summed E-state index contributed by atoms with van der Waals surface area (Å²) in [5, 5.41) is 2.73. The Hall–Kier alpha value is -1.06. The van der Waals surface area contributed by atoms with E-state index in [1.807, 2.05) is 24.3 Å². The maximum atomic E-state index is 10.8. The molecule has 0 fully saturated rings. The van der Waals surface area contributed by atoms with Crippen molar-refractivity contribution in [2.24, 2.45) is 5.73 Å². The van der Waals surface area contributed by atoms with Crippen molar-refractivity contribution in [3.05, 3.63) is 29.8 Å². The average Bonchev–Trinajstić information content (AvgIpc) is 2.26. The van der Waals surface area contributed by atoms with Gasteiger partial charge in [-0.15, -0.1) is 12.4 Å². The van der Waals surface area contributed by atoms with E-state index in [2.05, 4.69) is 12.2 Å². The number of halogens is 1. The molecule has 1 aromatic carbocycles. The van der Waals surface area contributed by atoms with Crippen LogP contribution < -0.4 is 11.1 Å². The fourth-order valence-electron chi connectivity index (χ4n) is 1.61. The molecule has 0 spiro atoms. The summed E-state index contributed by atoms with van der Waals surface area (Å²) in [4.78, 5) is 10.8. The predicted molar refractivity (Wildman–Crippen MR) is 74.4 cm³/mol. The van der Waals surface area contributed by atoms with E-state index in [1.165, 1.54) is 6.92 Å². The number of amides is 1. The van der Waals surface area contributed by atoms with Crippen LogP contribution >= 0.6 is 12.4 Å². The molecule has 4 heteroatoms. The van der Waals surface area contributed by atoms with E-state index in [0.717, 1.165) is 30.5 Å². The van der Waals surface area contributed by atoms with Crippen molar-refractivity contribution < 1.29 is 4.79 Å². The summed E-state index contributed by atoms with van der Waals surface area (Å²) in [6, 6.07) is 7.84. The van der Waals surface area contributed by atoms with Gasteiger partial charge in [0.25, 0.3) is 0 Å². The summed E-state index contributed by atoms with van der Waals surface area (Å²) in [5.74, 6) is -0.0527. The molecule has 0 radical (unpaired) electrons. The van der Waals surface area contributed by atoms with Crippen LogP contribution in [0.25, 0.3) is 0 Å². The molecule has 0 aliphatic heterocycles. The molecule has 3 nitrogen and oxygen atoms in total. The number of unbranched alkanes of at least 4 members (excludes halogenated alkanes) is 1. The second-order valence-corrected chi connectivity index (χ2v) is 4.05. The highest BCUT2D eigenvalue weighted by Crippen LogP contribution is 2.18. The lowest BCUT2D eigenvalue weighted by Gasteiger charge is -2.12. The van der Waals surface area contributed by atoms with Gasteiger partial charge in [-0.3, -0.25) is 4.79 Å². The monoisotopic (exact) mass is 256 g/mol. The zero-order valence-electron chi connectivity index (χ0n) is 10.4. The Bertz CT molecular complexity index is 338. The SMILES string of the molecule is CCCC[C@@H](N)c1ccc(NC(C)=O)cc1.Cl.